The van der Waals surface area contributed by atoms with Gasteiger partial charge in [-0.05, 0) is 20.8 Å². The Morgan fingerprint density at radius 3 is 2.68 bits per heavy atom. The number of rotatable bonds is 6. The Morgan fingerprint density at radius 1 is 1.47 bits per heavy atom. The molecule has 19 heavy (non-hydrogen) atoms. The number of esters is 1. The number of hydrogen-bond donors (Lipinski definition) is 1. The van der Waals surface area contributed by atoms with Gasteiger partial charge in [0.15, 0.2) is 5.75 Å². The molecule has 0 aliphatic carbocycles. The number of nitrogens with zero attached hydrogens (tertiary/aromatic N) is 1. The van der Waals surface area contributed by atoms with Gasteiger partial charge in [-0.15, -0.1) is 0 Å². The van der Waals surface area contributed by atoms with E-state index in [9.17, 15) is 4.79 Å². The normalized spacial score (nSPS) is 10.4. The van der Waals surface area contributed by atoms with Crippen LogP contribution in [-0.2, 0) is 4.74 Å². The zero-order valence-corrected chi connectivity index (χ0v) is 11.7. The zero-order chi connectivity index (χ0) is 14.4. The highest BCUT2D eigenvalue weighted by Gasteiger charge is 2.21. The van der Waals surface area contributed by atoms with E-state index in [4.69, 9.17) is 19.9 Å². The molecule has 0 saturated heterocycles. The van der Waals surface area contributed by atoms with Crippen molar-refractivity contribution in [3.63, 3.8) is 0 Å². The largest absolute Gasteiger partial charge is 0.490 e. The van der Waals surface area contributed by atoms with Gasteiger partial charge in [0.05, 0.1) is 19.4 Å². The SMILES string of the molecule is COC(=O)c1c(OCCN)cnc(OC(C)C)c1C. The Hall–Kier alpha value is -1.82. The molecule has 0 unspecified atom stereocenters. The van der Waals surface area contributed by atoms with Gasteiger partial charge in [-0.1, -0.05) is 0 Å². The Balaban J connectivity index is 3.19. The van der Waals surface area contributed by atoms with Gasteiger partial charge >= 0.3 is 5.97 Å². The highest BCUT2D eigenvalue weighted by Crippen LogP contribution is 2.28. The minimum Gasteiger partial charge on any atom is -0.490 e. The fourth-order valence-electron chi connectivity index (χ4n) is 1.55. The van der Waals surface area contributed by atoms with Crippen LogP contribution in [0.15, 0.2) is 6.20 Å². The predicted octanol–water partition coefficient (Wildman–Crippen LogP) is 1.30. The third-order valence-electron chi connectivity index (χ3n) is 2.35. The number of carbonyl (C=O) groups is 1. The first kappa shape index (κ1) is 15.2. The minimum atomic E-state index is -0.486. The zero-order valence-electron chi connectivity index (χ0n) is 11.7. The van der Waals surface area contributed by atoms with Crippen molar-refractivity contribution in [1.29, 1.82) is 0 Å². The Bertz CT molecular complexity index is 447. The summed E-state index contributed by atoms with van der Waals surface area (Å²) in [5.41, 5.74) is 6.30. The van der Waals surface area contributed by atoms with Crippen LogP contribution in [0.4, 0.5) is 0 Å². The van der Waals surface area contributed by atoms with E-state index in [1.807, 2.05) is 13.8 Å². The summed E-state index contributed by atoms with van der Waals surface area (Å²) in [7, 11) is 1.32. The molecular weight excluding hydrogens is 248 g/mol. The number of hydrogen-bond acceptors (Lipinski definition) is 6. The van der Waals surface area contributed by atoms with Gasteiger partial charge in [-0.2, -0.15) is 0 Å². The molecule has 0 atom stereocenters. The number of pyridine rings is 1. The average Bonchev–Trinajstić information content (AvgIpc) is 2.38. The fraction of sp³-hybridized carbons (Fsp3) is 0.538. The summed E-state index contributed by atoms with van der Waals surface area (Å²) in [4.78, 5) is 16.0. The summed E-state index contributed by atoms with van der Waals surface area (Å²) in [5.74, 6) is 0.266. The first-order chi connectivity index (χ1) is 9.01. The van der Waals surface area contributed by atoms with Gasteiger partial charge in [-0.25, -0.2) is 9.78 Å². The standard InChI is InChI=1S/C13H20N2O4/c1-8(2)19-12-9(3)11(13(16)17-4)10(7-15-12)18-6-5-14/h7-8H,5-6,14H2,1-4H3. The minimum absolute atomic E-state index is 0.0347. The van der Waals surface area contributed by atoms with E-state index in [-0.39, 0.29) is 6.10 Å². The second kappa shape index (κ2) is 6.94. The molecule has 1 heterocycles. The third-order valence-corrected chi connectivity index (χ3v) is 2.35. The van der Waals surface area contributed by atoms with Crippen LogP contribution in [0.25, 0.3) is 0 Å². The van der Waals surface area contributed by atoms with Gasteiger partial charge < -0.3 is 19.9 Å². The second-order valence-corrected chi connectivity index (χ2v) is 4.22. The summed E-state index contributed by atoms with van der Waals surface area (Å²) < 4.78 is 15.7. The van der Waals surface area contributed by atoms with Crippen LogP contribution >= 0.6 is 0 Å². The third kappa shape index (κ3) is 3.82. The summed E-state index contributed by atoms with van der Waals surface area (Å²) in [6, 6.07) is 0. The fourth-order valence-corrected chi connectivity index (χ4v) is 1.55. The van der Waals surface area contributed by atoms with Crippen LogP contribution in [0.3, 0.4) is 0 Å². The summed E-state index contributed by atoms with van der Waals surface area (Å²) >= 11 is 0. The number of carbonyl (C=O) groups excluding carboxylic acids is 1. The molecule has 0 bridgehead atoms. The lowest BCUT2D eigenvalue weighted by Gasteiger charge is -2.16. The van der Waals surface area contributed by atoms with Crippen LogP contribution in [0, 0.1) is 6.92 Å². The van der Waals surface area contributed by atoms with E-state index in [2.05, 4.69) is 4.98 Å². The molecule has 1 rings (SSSR count). The lowest BCUT2D eigenvalue weighted by Crippen LogP contribution is -2.16. The molecule has 0 saturated carbocycles. The summed E-state index contributed by atoms with van der Waals surface area (Å²) in [6.45, 7) is 6.17. The van der Waals surface area contributed by atoms with Gasteiger partial charge in [0.2, 0.25) is 5.88 Å². The monoisotopic (exact) mass is 268 g/mol. The molecule has 2 N–H and O–H groups in total. The maximum Gasteiger partial charge on any atom is 0.342 e. The van der Waals surface area contributed by atoms with Crippen molar-refractivity contribution in [3.05, 3.63) is 17.3 Å². The van der Waals surface area contributed by atoms with E-state index >= 15 is 0 Å². The molecule has 0 aliphatic heterocycles. The van der Waals surface area contributed by atoms with E-state index in [0.717, 1.165) is 0 Å². The highest BCUT2D eigenvalue weighted by atomic mass is 16.5. The topological polar surface area (TPSA) is 83.7 Å². The lowest BCUT2D eigenvalue weighted by molar-refractivity contribution is 0.0593. The van der Waals surface area contributed by atoms with Crippen molar-refractivity contribution >= 4 is 5.97 Å². The van der Waals surface area contributed by atoms with E-state index < -0.39 is 5.97 Å². The Morgan fingerprint density at radius 2 is 2.16 bits per heavy atom. The van der Waals surface area contributed by atoms with Crippen LogP contribution in [0.1, 0.15) is 29.8 Å². The Kier molecular flexibility index (Phi) is 5.57. The lowest BCUT2D eigenvalue weighted by atomic mass is 10.1. The summed E-state index contributed by atoms with van der Waals surface area (Å²) in [5, 5.41) is 0. The van der Waals surface area contributed by atoms with E-state index in [1.165, 1.54) is 13.3 Å². The molecule has 0 aliphatic rings. The highest BCUT2D eigenvalue weighted by molar-refractivity contribution is 5.94. The molecule has 0 fully saturated rings. The van der Waals surface area contributed by atoms with Crippen molar-refractivity contribution < 1.29 is 19.0 Å². The number of nitrogens with two attached hydrogens (primary N) is 1. The van der Waals surface area contributed by atoms with Crippen LogP contribution < -0.4 is 15.2 Å². The average molecular weight is 268 g/mol. The molecule has 0 amide bonds. The smallest absolute Gasteiger partial charge is 0.342 e. The molecule has 6 nitrogen and oxygen atoms in total. The van der Waals surface area contributed by atoms with Gasteiger partial charge in [0.25, 0.3) is 0 Å². The van der Waals surface area contributed by atoms with Crippen molar-refractivity contribution in [2.45, 2.75) is 26.9 Å². The van der Waals surface area contributed by atoms with E-state index in [1.54, 1.807) is 6.92 Å². The molecule has 106 valence electrons. The number of aromatic nitrogens is 1. The van der Waals surface area contributed by atoms with Gasteiger partial charge in [-0.3, -0.25) is 0 Å². The summed E-state index contributed by atoms with van der Waals surface area (Å²) in [6.07, 6.45) is 1.42. The van der Waals surface area contributed by atoms with Crippen molar-refractivity contribution in [1.82, 2.24) is 4.98 Å². The first-order valence-corrected chi connectivity index (χ1v) is 6.08. The molecule has 0 aromatic carbocycles. The molecule has 0 radical (unpaired) electrons. The van der Waals surface area contributed by atoms with Gasteiger partial charge in [0, 0.05) is 12.1 Å². The molecule has 1 aromatic rings. The molecule has 1 aromatic heterocycles. The number of ether oxygens (including phenoxy) is 3. The predicted molar refractivity (Wildman–Crippen MR) is 70.6 cm³/mol. The quantitative estimate of drug-likeness (QED) is 0.783. The molecular formula is C13H20N2O4. The maximum absolute atomic E-state index is 11.8. The van der Waals surface area contributed by atoms with Gasteiger partial charge in [0.1, 0.15) is 12.2 Å². The van der Waals surface area contributed by atoms with Crippen LogP contribution in [0.2, 0.25) is 0 Å². The second-order valence-electron chi connectivity index (χ2n) is 4.22. The van der Waals surface area contributed by atoms with Crippen molar-refractivity contribution in [2.24, 2.45) is 5.73 Å². The maximum atomic E-state index is 11.8. The van der Waals surface area contributed by atoms with E-state index in [0.29, 0.717) is 35.9 Å². The molecule has 0 spiro atoms. The molecule has 6 heteroatoms. The van der Waals surface area contributed by atoms with Crippen molar-refractivity contribution in [2.75, 3.05) is 20.3 Å². The number of methoxy groups -OCH3 is 1. The Labute approximate surface area is 112 Å². The van der Waals surface area contributed by atoms with Crippen LogP contribution in [0.5, 0.6) is 11.6 Å². The first-order valence-electron chi connectivity index (χ1n) is 6.08. The van der Waals surface area contributed by atoms with Crippen LogP contribution in [-0.4, -0.2) is 37.3 Å². The van der Waals surface area contributed by atoms with Crippen molar-refractivity contribution in [3.8, 4) is 11.6 Å².